The molecule has 0 aromatic heterocycles. The van der Waals surface area contributed by atoms with Gasteiger partial charge < -0.3 is 86.5 Å². The molecule has 0 rings (SSSR count). The minimum atomic E-state index is 0. The molecule has 9 heteroatoms. The number of nitrogens with zero attached hydrogens (tertiary/aromatic N) is 2. The Labute approximate surface area is 270 Å². The van der Waals surface area contributed by atoms with E-state index in [-0.39, 0.29) is 48.1 Å². The van der Waals surface area contributed by atoms with E-state index < -0.39 is 0 Å². The first-order chi connectivity index (χ1) is 15.4. The summed E-state index contributed by atoms with van der Waals surface area (Å²) in [7, 11) is 0. The molecule has 0 spiro atoms. The van der Waals surface area contributed by atoms with Gasteiger partial charge in [-0.15, -0.1) is 0 Å². The van der Waals surface area contributed by atoms with Gasteiger partial charge in [-0.1, -0.05) is 113 Å². The van der Waals surface area contributed by atoms with E-state index in [1.54, 1.807) is 0 Å². The molecule has 2 nitrogen and oxygen atoms in total. The van der Waals surface area contributed by atoms with E-state index in [1.165, 1.54) is 103 Å². The van der Waals surface area contributed by atoms with Gasteiger partial charge in [0.05, 0.1) is 0 Å². The molecule has 0 fully saturated rings. The van der Waals surface area contributed by atoms with Crippen molar-refractivity contribution in [3.05, 3.63) is 0 Å². The van der Waals surface area contributed by atoms with Gasteiger partial charge in [0, 0.05) is 47.2 Å². The average Bonchev–Trinajstić information content (AvgIpc) is 2.77. The van der Waals surface area contributed by atoms with Crippen molar-refractivity contribution in [1.29, 1.82) is 0 Å². The summed E-state index contributed by atoms with van der Waals surface area (Å²) >= 11 is 20.5. The van der Waals surface area contributed by atoms with Gasteiger partial charge in [-0.3, -0.25) is 0 Å². The van der Waals surface area contributed by atoms with Crippen LogP contribution in [0.2, 0.25) is 0 Å². The second kappa shape index (κ2) is 37.8. The summed E-state index contributed by atoms with van der Waals surface area (Å²) < 4.78 is 1.32. The van der Waals surface area contributed by atoms with Crippen LogP contribution in [0.1, 0.15) is 130 Å². The summed E-state index contributed by atoms with van der Waals surface area (Å²) in [4.78, 5) is 4.41. The third kappa shape index (κ3) is 35.6. The minimum Gasteiger partial charge on any atom is -2.00 e. The van der Waals surface area contributed by atoms with Crippen LogP contribution in [0.4, 0.5) is 0 Å². The Morgan fingerprint density at radius 1 is 0.457 bits per heavy atom. The van der Waals surface area contributed by atoms with Crippen molar-refractivity contribution in [1.82, 2.24) is 9.80 Å². The normalized spacial score (nSPS) is 9.49. The van der Waals surface area contributed by atoms with Crippen LogP contribution in [0.3, 0.4) is 0 Å². The maximum absolute atomic E-state index is 5.11. The summed E-state index contributed by atoms with van der Waals surface area (Å²) in [5.74, 6) is 0. The van der Waals surface area contributed by atoms with Crippen LogP contribution in [0, 0.1) is 0 Å². The maximum Gasteiger partial charge on any atom is 0.0162 e. The van der Waals surface area contributed by atoms with E-state index in [9.17, 15) is 0 Å². The van der Waals surface area contributed by atoms with Crippen LogP contribution in [0.15, 0.2) is 0 Å². The Hall–Kier alpha value is 1.61. The molecule has 0 amide bonds. The Balaban J connectivity index is -0.000000158. The summed E-state index contributed by atoms with van der Waals surface area (Å²) in [5, 5.41) is 0. The van der Waals surface area contributed by atoms with E-state index in [2.05, 4.69) is 37.5 Å². The molecule has 0 aromatic rings. The molecular weight excluding hydrogens is 629 g/mol. The molecule has 35 heavy (non-hydrogen) atoms. The number of thiocarbonyl (C=S) groups is 2. The average molecular weight is 681 g/mol. The van der Waals surface area contributed by atoms with E-state index in [4.69, 9.17) is 49.7 Å². The first-order valence-electron chi connectivity index (χ1n) is 13.4. The third-order valence-corrected chi connectivity index (χ3v) is 6.68. The maximum atomic E-state index is 5.11. The monoisotopic (exact) mass is 682 g/mol. The van der Waals surface area contributed by atoms with Crippen LogP contribution in [-0.4, -0.2) is 44.6 Å². The fourth-order valence-corrected chi connectivity index (χ4v) is 4.24. The SMILES string of the molecule is CCCCCCN(CCCCCC)C(=S)[S-].CCCCCCN(CCCCCC)C(=S)[S-].[Mo].[S-2].[S-2]. The van der Waals surface area contributed by atoms with Crippen molar-refractivity contribution in [2.45, 2.75) is 130 Å². The van der Waals surface area contributed by atoms with E-state index in [0.717, 1.165) is 26.2 Å². The molecule has 0 aliphatic heterocycles. The Morgan fingerprint density at radius 2 is 0.657 bits per heavy atom. The van der Waals surface area contributed by atoms with Crippen molar-refractivity contribution in [2.24, 2.45) is 0 Å². The molecular formula is C26H52MoN2S6-6. The van der Waals surface area contributed by atoms with Crippen LogP contribution in [0.25, 0.3) is 0 Å². The fourth-order valence-electron chi connectivity index (χ4n) is 3.51. The van der Waals surface area contributed by atoms with E-state index in [1.807, 2.05) is 0 Å². The number of hydrogen-bond acceptors (Lipinski definition) is 4. The Morgan fingerprint density at radius 3 is 0.800 bits per heavy atom. The Bertz CT molecular complexity index is 369. The predicted molar refractivity (Wildman–Crippen MR) is 174 cm³/mol. The summed E-state index contributed by atoms with van der Waals surface area (Å²) in [6.07, 6.45) is 20.6. The summed E-state index contributed by atoms with van der Waals surface area (Å²) in [6.45, 7) is 13.2. The van der Waals surface area contributed by atoms with Crippen LogP contribution >= 0.6 is 24.4 Å². The van der Waals surface area contributed by atoms with Crippen LogP contribution < -0.4 is 0 Å². The molecule has 0 saturated heterocycles. The van der Waals surface area contributed by atoms with Gasteiger partial charge in [-0.2, -0.15) is 0 Å². The number of rotatable bonds is 20. The molecule has 0 radical (unpaired) electrons. The molecule has 0 atom stereocenters. The molecule has 0 unspecified atom stereocenters. The Kier molecular flexibility index (Phi) is 50.1. The van der Waals surface area contributed by atoms with Gasteiger partial charge in [0.1, 0.15) is 0 Å². The second-order valence-corrected chi connectivity index (χ2v) is 10.8. The molecule has 0 aromatic carbocycles. The largest absolute Gasteiger partial charge is 2.00 e. The molecule has 0 aliphatic carbocycles. The fraction of sp³-hybridized carbons (Fsp3) is 0.923. The van der Waals surface area contributed by atoms with Crippen molar-refractivity contribution in [2.75, 3.05) is 26.2 Å². The zero-order valence-corrected chi connectivity index (χ0v) is 29.8. The van der Waals surface area contributed by atoms with E-state index in [0.29, 0.717) is 8.64 Å². The second-order valence-electron chi connectivity index (χ2n) is 8.75. The smallest absolute Gasteiger partial charge is 0.0162 e. The summed E-state index contributed by atoms with van der Waals surface area (Å²) in [6, 6.07) is 0. The zero-order valence-electron chi connectivity index (χ0n) is 22.9. The van der Waals surface area contributed by atoms with Crippen molar-refractivity contribution < 1.29 is 21.1 Å². The van der Waals surface area contributed by atoms with Gasteiger partial charge in [0.2, 0.25) is 0 Å². The zero-order chi connectivity index (χ0) is 24.5. The summed E-state index contributed by atoms with van der Waals surface area (Å²) in [5.41, 5.74) is 0. The molecule has 0 bridgehead atoms. The molecule has 0 heterocycles. The standard InChI is InChI=1S/2C13H27NS2.Mo.2S/c2*1-3-5-7-9-11-14(13(15)16)12-10-8-6-4-2;;;/h2*3-12H2,1-2H3,(H,15,16);;;/q;;;2*-2/p-2. The molecule has 0 saturated carbocycles. The number of hydrogen-bond donors (Lipinski definition) is 0. The minimum absolute atomic E-state index is 0. The van der Waals surface area contributed by atoms with E-state index >= 15 is 0 Å². The van der Waals surface area contributed by atoms with Crippen molar-refractivity contribution in [3.63, 3.8) is 0 Å². The predicted octanol–water partition coefficient (Wildman–Crippen LogP) is 8.55. The van der Waals surface area contributed by atoms with Gasteiger partial charge >= 0.3 is 0 Å². The first kappa shape index (κ1) is 46.5. The van der Waals surface area contributed by atoms with Crippen LogP contribution in [0.5, 0.6) is 0 Å². The molecule has 0 N–H and O–H groups in total. The van der Waals surface area contributed by atoms with Crippen molar-refractivity contribution >= 4 is 85.3 Å². The quantitative estimate of drug-likeness (QED) is 0.0547. The molecule has 0 aliphatic rings. The van der Waals surface area contributed by atoms with Gasteiger partial charge in [0.25, 0.3) is 0 Å². The molecule has 214 valence electrons. The van der Waals surface area contributed by atoms with Gasteiger partial charge in [0.15, 0.2) is 0 Å². The number of unbranched alkanes of at least 4 members (excludes halogenated alkanes) is 12. The third-order valence-electron chi connectivity index (χ3n) is 5.64. The van der Waals surface area contributed by atoms with Crippen molar-refractivity contribution in [3.8, 4) is 0 Å². The topological polar surface area (TPSA) is 6.48 Å². The van der Waals surface area contributed by atoms with Gasteiger partial charge in [-0.25, -0.2) is 0 Å². The first-order valence-corrected chi connectivity index (χ1v) is 15.0. The van der Waals surface area contributed by atoms with Gasteiger partial charge in [-0.05, 0) is 25.7 Å². The van der Waals surface area contributed by atoms with Crippen LogP contribution in [-0.2, 0) is 73.3 Å².